The van der Waals surface area contributed by atoms with Crippen LogP contribution in [0.4, 0.5) is 0 Å². The van der Waals surface area contributed by atoms with Gasteiger partial charge in [0.2, 0.25) is 0 Å². The second-order valence-corrected chi connectivity index (χ2v) is 5.59. The summed E-state index contributed by atoms with van der Waals surface area (Å²) in [4.78, 5) is 4.11. The van der Waals surface area contributed by atoms with Gasteiger partial charge >= 0.3 is 0 Å². The van der Waals surface area contributed by atoms with Crippen LogP contribution in [0.15, 0.2) is 60.0 Å². The summed E-state index contributed by atoms with van der Waals surface area (Å²) in [5, 5.41) is 9.25. The van der Waals surface area contributed by atoms with Crippen LogP contribution in [0.2, 0.25) is 0 Å². The van der Waals surface area contributed by atoms with Crippen molar-refractivity contribution in [3.63, 3.8) is 0 Å². The first kappa shape index (κ1) is 14.7. The molecule has 0 fully saturated rings. The molecule has 0 amide bonds. The highest BCUT2D eigenvalue weighted by molar-refractivity contribution is 7.99. The monoisotopic (exact) mass is 312 g/mol. The molecule has 0 N–H and O–H groups in total. The number of benzene rings is 1. The molecule has 3 aromatic rings. The molecular weight excluding hydrogens is 296 g/mol. The Morgan fingerprint density at radius 3 is 2.73 bits per heavy atom. The zero-order valence-corrected chi connectivity index (χ0v) is 13.0. The molecule has 6 heteroatoms. The van der Waals surface area contributed by atoms with Crippen LogP contribution in [-0.4, -0.2) is 25.7 Å². The van der Waals surface area contributed by atoms with Gasteiger partial charge in [0, 0.05) is 25.0 Å². The summed E-state index contributed by atoms with van der Waals surface area (Å²) in [5.74, 6) is 1.34. The van der Waals surface area contributed by atoms with Gasteiger partial charge in [-0.05, 0) is 17.7 Å². The van der Waals surface area contributed by atoms with E-state index >= 15 is 0 Å². The van der Waals surface area contributed by atoms with Gasteiger partial charge in [-0.15, -0.1) is 10.2 Å². The standard InChI is InChI=1S/C16H16N4OS/c1-20-15(14-8-5-9-17-10-14)18-19-16(20)22-12-21-11-13-6-3-2-4-7-13/h2-10H,11-12H2,1H3. The lowest BCUT2D eigenvalue weighted by atomic mass is 10.2. The average Bonchev–Trinajstić information content (AvgIpc) is 2.94. The first-order valence-electron chi connectivity index (χ1n) is 6.89. The Morgan fingerprint density at radius 1 is 1.09 bits per heavy atom. The van der Waals surface area contributed by atoms with E-state index in [-0.39, 0.29) is 0 Å². The van der Waals surface area contributed by atoms with E-state index in [0.29, 0.717) is 12.5 Å². The van der Waals surface area contributed by atoms with Crippen LogP contribution in [-0.2, 0) is 18.4 Å². The van der Waals surface area contributed by atoms with Gasteiger partial charge in [0.25, 0.3) is 0 Å². The van der Waals surface area contributed by atoms with Gasteiger partial charge in [0.1, 0.15) is 5.94 Å². The smallest absolute Gasteiger partial charge is 0.193 e. The first-order valence-corrected chi connectivity index (χ1v) is 7.87. The molecule has 112 valence electrons. The highest BCUT2D eigenvalue weighted by Gasteiger charge is 2.10. The van der Waals surface area contributed by atoms with Crippen molar-refractivity contribution in [2.75, 3.05) is 5.94 Å². The molecular formula is C16H16N4OS. The minimum Gasteiger partial charge on any atom is -0.366 e. The minimum absolute atomic E-state index is 0.536. The third kappa shape index (κ3) is 3.52. The van der Waals surface area contributed by atoms with Crippen molar-refractivity contribution in [3.8, 4) is 11.4 Å². The van der Waals surface area contributed by atoms with E-state index < -0.39 is 0 Å². The molecule has 0 aliphatic carbocycles. The molecule has 22 heavy (non-hydrogen) atoms. The first-order chi connectivity index (χ1) is 10.8. The number of aromatic nitrogens is 4. The molecule has 5 nitrogen and oxygen atoms in total. The summed E-state index contributed by atoms with van der Waals surface area (Å²) < 4.78 is 7.62. The maximum Gasteiger partial charge on any atom is 0.193 e. The number of pyridine rings is 1. The predicted molar refractivity (Wildman–Crippen MR) is 86.2 cm³/mol. The Morgan fingerprint density at radius 2 is 1.95 bits per heavy atom. The second-order valence-electron chi connectivity index (χ2n) is 4.70. The topological polar surface area (TPSA) is 52.8 Å². The van der Waals surface area contributed by atoms with E-state index in [2.05, 4.69) is 15.2 Å². The number of hydrogen-bond acceptors (Lipinski definition) is 5. The maximum atomic E-state index is 5.66. The van der Waals surface area contributed by atoms with Crippen molar-refractivity contribution < 1.29 is 4.74 Å². The summed E-state index contributed by atoms with van der Waals surface area (Å²) in [6.07, 6.45) is 3.53. The van der Waals surface area contributed by atoms with E-state index in [1.807, 2.05) is 54.1 Å². The summed E-state index contributed by atoms with van der Waals surface area (Å²) in [5.41, 5.74) is 2.12. The van der Waals surface area contributed by atoms with Crippen LogP contribution in [0.1, 0.15) is 5.56 Å². The molecule has 1 aromatic carbocycles. The average molecular weight is 312 g/mol. The van der Waals surface area contributed by atoms with Crippen molar-refractivity contribution in [1.82, 2.24) is 19.7 Å². The number of hydrogen-bond donors (Lipinski definition) is 0. The molecule has 2 aromatic heterocycles. The number of thioether (sulfide) groups is 1. The fraction of sp³-hybridized carbons (Fsp3) is 0.188. The zero-order chi connectivity index (χ0) is 15.2. The Labute approximate surface area is 133 Å². The van der Waals surface area contributed by atoms with Gasteiger partial charge in [0.05, 0.1) is 6.61 Å². The summed E-state index contributed by atoms with van der Waals surface area (Å²) in [6, 6.07) is 14.0. The van der Waals surface area contributed by atoms with E-state index in [0.717, 1.165) is 22.1 Å². The Hall–Kier alpha value is -2.18. The Bertz CT molecular complexity index is 716. The largest absolute Gasteiger partial charge is 0.366 e. The highest BCUT2D eigenvalue weighted by Crippen LogP contribution is 2.22. The van der Waals surface area contributed by atoms with Crippen LogP contribution >= 0.6 is 11.8 Å². The third-order valence-electron chi connectivity index (χ3n) is 3.14. The van der Waals surface area contributed by atoms with E-state index in [9.17, 15) is 0 Å². The predicted octanol–water partition coefficient (Wildman–Crippen LogP) is 3.14. The molecule has 0 aliphatic rings. The Kier molecular flexibility index (Phi) is 4.82. The van der Waals surface area contributed by atoms with Crippen molar-refractivity contribution in [2.24, 2.45) is 7.05 Å². The number of rotatable bonds is 6. The molecule has 3 rings (SSSR count). The van der Waals surface area contributed by atoms with Crippen molar-refractivity contribution in [3.05, 3.63) is 60.4 Å². The zero-order valence-electron chi connectivity index (χ0n) is 12.2. The lowest BCUT2D eigenvalue weighted by molar-refractivity contribution is 0.169. The summed E-state index contributed by atoms with van der Waals surface area (Å²) in [7, 11) is 1.95. The quantitative estimate of drug-likeness (QED) is 0.397. The second kappa shape index (κ2) is 7.20. The van der Waals surface area contributed by atoms with Crippen LogP contribution in [0.25, 0.3) is 11.4 Å². The highest BCUT2D eigenvalue weighted by atomic mass is 32.2. The van der Waals surface area contributed by atoms with E-state index in [4.69, 9.17) is 4.74 Å². The molecule has 0 spiro atoms. The normalized spacial score (nSPS) is 10.8. The number of nitrogens with zero attached hydrogens (tertiary/aromatic N) is 4. The van der Waals surface area contributed by atoms with Gasteiger partial charge in [-0.3, -0.25) is 4.98 Å². The van der Waals surface area contributed by atoms with Gasteiger partial charge in [-0.2, -0.15) is 0 Å². The van der Waals surface area contributed by atoms with Gasteiger partial charge in [-0.25, -0.2) is 0 Å². The van der Waals surface area contributed by atoms with E-state index in [1.165, 1.54) is 11.8 Å². The van der Waals surface area contributed by atoms with E-state index in [1.54, 1.807) is 12.4 Å². The van der Waals surface area contributed by atoms with Crippen LogP contribution in [0, 0.1) is 0 Å². The molecule has 0 unspecified atom stereocenters. The minimum atomic E-state index is 0.536. The molecule has 2 heterocycles. The summed E-state index contributed by atoms with van der Waals surface area (Å²) in [6.45, 7) is 0.598. The lowest BCUT2D eigenvalue weighted by Gasteiger charge is -2.05. The van der Waals surface area contributed by atoms with Crippen molar-refractivity contribution >= 4 is 11.8 Å². The van der Waals surface area contributed by atoms with Gasteiger partial charge < -0.3 is 9.30 Å². The molecule has 0 saturated carbocycles. The van der Waals surface area contributed by atoms with Crippen LogP contribution in [0.3, 0.4) is 0 Å². The molecule has 0 saturated heterocycles. The fourth-order valence-electron chi connectivity index (χ4n) is 2.02. The van der Waals surface area contributed by atoms with Crippen molar-refractivity contribution in [1.29, 1.82) is 0 Å². The van der Waals surface area contributed by atoms with Gasteiger partial charge in [-0.1, -0.05) is 42.1 Å². The van der Waals surface area contributed by atoms with Crippen molar-refractivity contribution in [2.45, 2.75) is 11.8 Å². The molecule has 0 aliphatic heterocycles. The summed E-state index contributed by atoms with van der Waals surface area (Å²) >= 11 is 1.53. The molecule has 0 bridgehead atoms. The Balaban J connectivity index is 1.57. The molecule has 0 radical (unpaired) electrons. The van der Waals surface area contributed by atoms with Crippen LogP contribution in [0.5, 0.6) is 0 Å². The van der Waals surface area contributed by atoms with Gasteiger partial charge in [0.15, 0.2) is 11.0 Å². The number of ether oxygens (including phenoxy) is 1. The van der Waals surface area contributed by atoms with Crippen LogP contribution < -0.4 is 0 Å². The maximum absolute atomic E-state index is 5.66. The SMILES string of the molecule is Cn1c(SCOCc2ccccc2)nnc1-c1cccnc1. The third-order valence-corrected chi connectivity index (χ3v) is 4.04. The lowest BCUT2D eigenvalue weighted by Crippen LogP contribution is -1.97. The fourth-order valence-corrected chi connectivity index (χ4v) is 2.67. The molecule has 0 atom stereocenters.